The van der Waals surface area contributed by atoms with Gasteiger partial charge in [-0.3, -0.25) is 4.79 Å². The first-order chi connectivity index (χ1) is 11.7. The van der Waals surface area contributed by atoms with Crippen molar-refractivity contribution in [2.45, 2.75) is 38.1 Å². The number of carbonyl (C=O) groups excluding carboxylic acids is 1. The van der Waals surface area contributed by atoms with Gasteiger partial charge in [0.15, 0.2) is 0 Å². The minimum absolute atomic E-state index is 0.116. The van der Waals surface area contributed by atoms with E-state index in [0.29, 0.717) is 11.5 Å². The molecular formula is C21H25NO2. The van der Waals surface area contributed by atoms with Gasteiger partial charge in [-0.25, -0.2) is 0 Å². The van der Waals surface area contributed by atoms with E-state index >= 15 is 0 Å². The second kappa shape index (κ2) is 7.52. The fourth-order valence-electron chi connectivity index (χ4n) is 3.82. The lowest BCUT2D eigenvalue weighted by Gasteiger charge is -2.32. The molecule has 1 aliphatic rings. The second-order valence-corrected chi connectivity index (χ2v) is 6.37. The molecule has 0 N–H and O–H groups in total. The van der Waals surface area contributed by atoms with Gasteiger partial charge >= 0.3 is 0 Å². The summed E-state index contributed by atoms with van der Waals surface area (Å²) in [5, 5.41) is 0. The van der Waals surface area contributed by atoms with E-state index in [9.17, 15) is 4.79 Å². The number of amides is 1. The average Bonchev–Trinajstić information content (AvgIpc) is 3.12. The Labute approximate surface area is 144 Å². The molecule has 1 heterocycles. The zero-order valence-corrected chi connectivity index (χ0v) is 14.4. The van der Waals surface area contributed by atoms with Crippen LogP contribution < -0.4 is 4.74 Å². The van der Waals surface area contributed by atoms with Crippen molar-refractivity contribution in [1.29, 1.82) is 0 Å². The number of methoxy groups -OCH3 is 1. The van der Waals surface area contributed by atoms with Gasteiger partial charge in [0.05, 0.1) is 7.11 Å². The molecule has 0 saturated carbocycles. The molecule has 1 amide bonds. The Balaban J connectivity index is 1.85. The van der Waals surface area contributed by atoms with Gasteiger partial charge in [-0.05, 0) is 43.0 Å². The lowest BCUT2D eigenvalue weighted by atomic mass is 9.87. The molecule has 0 spiro atoms. The summed E-state index contributed by atoms with van der Waals surface area (Å²) in [7, 11) is 1.63. The number of carbonyl (C=O) groups is 1. The van der Waals surface area contributed by atoms with Crippen molar-refractivity contribution in [1.82, 2.24) is 4.90 Å². The molecule has 1 aliphatic heterocycles. The topological polar surface area (TPSA) is 29.5 Å². The van der Waals surface area contributed by atoms with Crippen molar-refractivity contribution in [2.24, 2.45) is 0 Å². The van der Waals surface area contributed by atoms with Gasteiger partial charge < -0.3 is 9.64 Å². The Hall–Kier alpha value is -2.29. The fourth-order valence-corrected chi connectivity index (χ4v) is 3.82. The van der Waals surface area contributed by atoms with E-state index in [1.165, 1.54) is 5.56 Å². The van der Waals surface area contributed by atoms with E-state index in [2.05, 4.69) is 36.1 Å². The SMILES string of the molecule is CCC(c1ccccc1)C1CCCN1C(=O)c1cccc(OC)c1. The summed E-state index contributed by atoms with van der Waals surface area (Å²) in [5.74, 6) is 1.24. The molecule has 0 bridgehead atoms. The van der Waals surface area contributed by atoms with Gasteiger partial charge in [0.2, 0.25) is 0 Å². The van der Waals surface area contributed by atoms with E-state index in [1.54, 1.807) is 7.11 Å². The molecule has 1 fully saturated rings. The van der Waals surface area contributed by atoms with E-state index < -0.39 is 0 Å². The zero-order valence-electron chi connectivity index (χ0n) is 14.4. The minimum atomic E-state index is 0.116. The van der Waals surface area contributed by atoms with Crippen molar-refractivity contribution in [3.8, 4) is 5.75 Å². The van der Waals surface area contributed by atoms with Gasteiger partial charge in [0.1, 0.15) is 5.75 Å². The Morgan fingerprint density at radius 1 is 1.21 bits per heavy atom. The summed E-state index contributed by atoms with van der Waals surface area (Å²) in [5.41, 5.74) is 2.04. The Morgan fingerprint density at radius 2 is 2.00 bits per heavy atom. The molecular weight excluding hydrogens is 298 g/mol. The highest BCUT2D eigenvalue weighted by Crippen LogP contribution is 2.34. The van der Waals surface area contributed by atoms with Crippen LogP contribution in [0.1, 0.15) is 48.0 Å². The third kappa shape index (κ3) is 3.30. The third-order valence-electron chi connectivity index (χ3n) is 5.01. The number of likely N-dealkylation sites (tertiary alicyclic amines) is 1. The number of hydrogen-bond donors (Lipinski definition) is 0. The van der Waals surface area contributed by atoms with Gasteiger partial charge in [-0.15, -0.1) is 0 Å². The first kappa shape index (κ1) is 16.6. The van der Waals surface area contributed by atoms with Crippen LogP contribution in [0.2, 0.25) is 0 Å². The van der Waals surface area contributed by atoms with E-state index in [-0.39, 0.29) is 11.9 Å². The molecule has 0 radical (unpaired) electrons. The van der Waals surface area contributed by atoms with Crippen LogP contribution in [0.3, 0.4) is 0 Å². The largest absolute Gasteiger partial charge is 0.497 e. The Bertz CT molecular complexity index is 683. The minimum Gasteiger partial charge on any atom is -0.497 e. The highest BCUT2D eigenvalue weighted by atomic mass is 16.5. The van der Waals surface area contributed by atoms with Gasteiger partial charge in [0, 0.05) is 24.1 Å². The van der Waals surface area contributed by atoms with E-state index in [1.807, 2.05) is 30.3 Å². The van der Waals surface area contributed by atoms with Crippen molar-refractivity contribution in [3.05, 3.63) is 65.7 Å². The van der Waals surface area contributed by atoms with E-state index in [0.717, 1.165) is 31.6 Å². The molecule has 2 aromatic rings. The van der Waals surface area contributed by atoms with Crippen LogP contribution in [0, 0.1) is 0 Å². The maximum Gasteiger partial charge on any atom is 0.254 e. The molecule has 3 rings (SSSR count). The zero-order chi connectivity index (χ0) is 16.9. The molecule has 126 valence electrons. The first-order valence-corrected chi connectivity index (χ1v) is 8.74. The summed E-state index contributed by atoms with van der Waals surface area (Å²) in [6, 6.07) is 18.3. The van der Waals surface area contributed by atoms with Crippen LogP contribution in [-0.4, -0.2) is 30.5 Å². The fraction of sp³-hybridized carbons (Fsp3) is 0.381. The summed E-state index contributed by atoms with van der Waals surface area (Å²) < 4.78 is 5.26. The number of rotatable bonds is 5. The molecule has 24 heavy (non-hydrogen) atoms. The van der Waals surface area contributed by atoms with Crippen LogP contribution in [-0.2, 0) is 0 Å². The summed E-state index contributed by atoms with van der Waals surface area (Å²) >= 11 is 0. The van der Waals surface area contributed by atoms with Gasteiger partial charge in [-0.1, -0.05) is 43.3 Å². The first-order valence-electron chi connectivity index (χ1n) is 8.74. The molecule has 2 unspecified atom stereocenters. The molecule has 1 saturated heterocycles. The molecule has 0 aromatic heterocycles. The molecule has 2 atom stereocenters. The summed E-state index contributed by atoms with van der Waals surface area (Å²) in [4.78, 5) is 15.1. The van der Waals surface area contributed by atoms with Gasteiger partial charge in [0.25, 0.3) is 5.91 Å². The predicted molar refractivity (Wildman–Crippen MR) is 96.5 cm³/mol. The summed E-state index contributed by atoms with van der Waals surface area (Å²) in [6.07, 6.45) is 3.18. The highest BCUT2D eigenvalue weighted by Gasteiger charge is 2.35. The monoisotopic (exact) mass is 323 g/mol. The Kier molecular flexibility index (Phi) is 5.19. The van der Waals surface area contributed by atoms with Crippen molar-refractivity contribution < 1.29 is 9.53 Å². The van der Waals surface area contributed by atoms with Crippen molar-refractivity contribution in [3.63, 3.8) is 0 Å². The number of ether oxygens (including phenoxy) is 1. The third-order valence-corrected chi connectivity index (χ3v) is 5.01. The number of benzene rings is 2. The number of nitrogens with zero attached hydrogens (tertiary/aromatic N) is 1. The lowest BCUT2D eigenvalue weighted by Crippen LogP contribution is -2.39. The highest BCUT2D eigenvalue weighted by molar-refractivity contribution is 5.95. The summed E-state index contributed by atoms with van der Waals surface area (Å²) in [6.45, 7) is 3.05. The molecule has 3 heteroatoms. The molecule has 0 aliphatic carbocycles. The maximum absolute atomic E-state index is 13.0. The Morgan fingerprint density at radius 3 is 2.71 bits per heavy atom. The van der Waals surface area contributed by atoms with Crippen LogP contribution >= 0.6 is 0 Å². The van der Waals surface area contributed by atoms with E-state index in [4.69, 9.17) is 4.74 Å². The maximum atomic E-state index is 13.0. The van der Waals surface area contributed by atoms with Crippen LogP contribution in [0.25, 0.3) is 0 Å². The number of hydrogen-bond acceptors (Lipinski definition) is 2. The smallest absolute Gasteiger partial charge is 0.254 e. The quantitative estimate of drug-likeness (QED) is 0.811. The van der Waals surface area contributed by atoms with Crippen LogP contribution in [0.4, 0.5) is 0 Å². The van der Waals surface area contributed by atoms with Gasteiger partial charge in [-0.2, -0.15) is 0 Å². The second-order valence-electron chi connectivity index (χ2n) is 6.37. The normalized spacial score (nSPS) is 18.4. The van der Waals surface area contributed by atoms with Crippen LogP contribution in [0.15, 0.2) is 54.6 Å². The lowest BCUT2D eigenvalue weighted by molar-refractivity contribution is 0.0714. The van der Waals surface area contributed by atoms with Crippen LogP contribution in [0.5, 0.6) is 5.75 Å². The molecule has 3 nitrogen and oxygen atoms in total. The average molecular weight is 323 g/mol. The standard InChI is InChI=1S/C21H25NO2/c1-3-19(16-9-5-4-6-10-16)20-13-8-14-22(20)21(23)17-11-7-12-18(15-17)24-2/h4-7,9-12,15,19-20H,3,8,13-14H2,1-2H3. The predicted octanol–water partition coefficient (Wildman–Crippen LogP) is 4.49. The van der Waals surface area contributed by atoms with Crippen molar-refractivity contribution >= 4 is 5.91 Å². The molecule has 2 aromatic carbocycles. The van der Waals surface area contributed by atoms with Crippen molar-refractivity contribution in [2.75, 3.05) is 13.7 Å².